The Morgan fingerprint density at radius 2 is 2.47 bits per heavy atom. The van der Waals surface area contributed by atoms with Crippen molar-refractivity contribution in [2.45, 2.75) is 12.8 Å². The number of rotatable bonds is 2. The Balaban J connectivity index is 2.51. The predicted octanol–water partition coefficient (Wildman–Crippen LogP) is 0.893. The molecule has 0 radical (unpaired) electrons. The van der Waals surface area contributed by atoms with Crippen molar-refractivity contribution in [3.8, 4) is 6.07 Å². The predicted molar refractivity (Wildman–Crippen MR) is 57.0 cm³/mol. The number of nitrogens with zero attached hydrogens (tertiary/aromatic N) is 2. The molecule has 0 bridgehead atoms. The number of ether oxygens (including phenoxy) is 1. The van der Waals surface area contributed by atoms with Gasteiger partial charge in [-0.1, -0.05) is 0 Å². The Morgan fingerprint density at radius 1 is 1.71 bits per heavy atom. The Bertz CT molecular complexity index is 533. The van der Waals surface area contributed by atoms with Crippen LogP contribution in [-0.4, -0.2) is 23.8 Å². The molecule has 0 aromatic carbocycles. The van der Waals surface area contributed by atoms with Crippen molar-refractivity contribution >= 4 is 11.8 Å². The van der Waals surface area contributed by atoms with Crippen LogP contribution in [0.15, 0.2) is 18.3 Å². The molecule has 0 amide bonds. The SMILES string of the molecule is COC(=O)C1(CC#N)Cc2ncccc2C1=O. The van der Waals surface area contributed by atoms with Gasteiger partial charge in [0.05, 0.1) is 25.3 Å². The fourth-order valence-electron chi connectivity index (χ4n) is 2.12. The molecule has 1 aliphatic rings. The first-order chi connectivity index (χ1) is 8.15. The quantitative estimate of drug-likeness (QED) is 0.556. The Kier molecular flexibility index (Phi) is 2.64. The monoisotopic (exact) mass is 230 g/mol. The smallest absolute Gasteiger partial charge is 0.321 e. The van der Waals surface area contributed by atoms with Crippen LogP contribution in [0.5, 0.6) is 0 Å². The summed E-state index contributed by atoms with van der Waals surface area (Å²) in [4.78, 5) is 28.1. The minimum Gasteiger partial charge on any atom is -0.468 e. The van der Waals surface area contributed by atoms with E-state index in [1.165, 1.54) is 7.11 Å². The maximum absolute atomic E-state index is 12.2. The zero-order valence-electron chi connectivity index (χ0n) is 9.27. The first-order valence-corrected chi connectivity index (χ1v) is 5.10. The van der Waals surface area contributed by atoms with Gasteiger partial charge in [-0.05, 0) is 12.1 Å². The summed E-state index contributed by atoms with van der Waals surface area (Å²) in [5.74, 6) is -1.03. The zero-order valence-corrected chi connectivity index (χ0v) is 9.27. The van der Waals surface area contributed by atoms with E-state index < -0.39 is 11.4 Å². The van der Waals surface area contributed by atoms with Crippen LogP contribution in [0.25, 0.3) is 0 Å². The minimum absolute atomic E-state index is 0.141. The Hall–Kier alpha value is -2.22. The van der Waals surface area contributed by atoms with Crippen molar-refractivity contribution in [2.24, 2.45) is 5.41 Å². The molecular formula is C12H10N2O3. The van der Waals surface area contributed by atoms with Gasteiger partial charge in [0.15, 0.2) is 5.78 Å². The topological polar surface area (TPSA) is 80.1 Å². The summed E-state index contributed by atoms with van der Waals surface area (Å²) in [6.07, 6.45) is 1.52. The number of methoxy groups -OCH3 is 1. The van der Waals surface area contributed by atoms with Crippen LogP contribution in [0.2, 0.25) is 0 Å². The van der Waals surface area contributed by atoms with Crippen LogP contribution in [0.3, 0.4) is 0 Å². The maximum atomic E-state index is 12.2. The molecule has 1 unspecified atom stereocenters. The molecule has 0 fully saturated rings. The van der Waals surface area contributed by atoms with Crippen LogP contribution in [0.4, 0.5) is 0 Å². The third kappa shape index (κ3) is 1.49. The van der Waals surface area contributed by atoms with E-state index in [0.29, 0.717) is 11.3 Å². The highest BCUT2D eigenvalue weighted by atomic mass is 16.5. The lowest BCUT2D eigenvalue weighted by molar-refractivity contribution is -0.149. The second-order valence-corrected chi connectivity index (χ2v) is 3.91. The van der Waals surface area contributed by atoms with E-state index in [1.54, 1.807) is 18.3 Å². The lowest BCUT2D eigenvalue weighted by atomic mass is 9.81. The molecule has 0 saturated heterocycles. The third-order valence-electron chi connectivity index (χ3n) is 3.00. The molecule has 0 N–H and O–H groups in total. The van der Waals surface area contributed by atoms with E-state index in [1.807, 2.05) is 6.07 Å². The zero-order chi connectivity index (χ0) is 12.5. The van der Waals surface area contributed by atoms with Crippen molar-refractivity contribution < 1.29 is 14.3 Å². The summed E-state index contributed by atoms with van der Waals surface area (Å²) < 4.78 is 4.65. The number of Topliss-reactive ketones (excluding diaryl/α,β-unsaturated/α-hetero) is 1. The third-order valence-corrected chi connectivity index (χ3v) is 3.00. The lowest BCUT2D eigenvalue weighted by Gasteiger charge is -2.20. The first kappa shape index (κ1) is 11.3. The molecule has 5 nitrogen and oxygen atoms in total. The van der Waals surface area contributed by atoms with Crippen LogP contribution in [0.1, 0.15) is 22.5 Å². The van der Waals surface area contributed by atoms with E-state index >= 15 is 0 Å². The number of ketones is 1. The average Bonchev–Trinajstić information content (AvgIpc) is 2.64. The van der Waals surface area contributed by atoms with Crippen LogP contribution < -0.4 is 0 Å². The normalized spacial score (nSPS) is 21.8. The van der Waals surface area contributed by atoms with Crippen LogP contribution in [0, 0.1) is 16.7 Å². The minimum atomic E-state index is -1.40. The van der Waals surface area contributed by atoms with E-state index in [-0.39, 0.29) is 18.6 Å². The summed E-state index contributed by atoms with van der Waals surface area (Å²) in [6.45, 7) is 0. The summed E-state index contributed by atoms with van der Waals surface area (Å²) in [7, 11) is 1.21. The van der Waals surface area contributed by atoms with Crippen molar-refractivity contribution in [1.82, 2.24) is 4.98 Å². The van der Waals surface area contributed by atoms with Gasteiger partial charge < -0.3 is 4.74 Å². The summed E-state index contributed by atoms with van der Waals surface area (Å²) in [5.41, 5.74) is -0.438. The molecular weight excluding hydrogens is 220 g/mol. The summed E-state index contributed by atoms with van der Waals surface area (Å²) in [5, 5.41) is 8.80. The van der Waals surface area contributed by atoms with E-state index in [2.05, 4.69) is 9.72 Å². The average molecular weight is 230 g/mol. The lowest BCUT2D eigenvalue weighted by Crippen LogP contribution is -2.38. The molecule has 1 aromatic heterocycles. The molecule has 1 heterocycles. The summed E-state index contributed by atoms with van der Waals surface area (Å²) >= 11 is 0. The van der Waals surface area contributed by atoms with Gasteiger partial charge in [0.2, 0.25) is 0 Å². The number of pyridine rings is 1. The summed E-state index contributed by atoms with van der Waals surface area (Å²) in [6, 6.07) is 5.13. The fraction of sp³-hybridized carbons (Fsp3) is 0.333. The highest BCUT2D eigenvalue weighted by Gasteiger charge is 2.53. The first-order valence-electron chi connectivity index (χ1n) is 5.10. The number of nitriles is 1. The Labute approximate surface area is 98.0 Å². The molecule has 1 atom stereocenters. The number of aromatic nitrogens is 1. The molecule has 0 aliphatic heterocycles. The largest absolute Gasteiger partial charge is 0.468 e. The van der Waals surface area contributed by atoms with E-state index in [4.69, 9.17) is 5.26 Å². The molecule has 1 aliphatic carbocycles. The van der Waals surface area contributed by atoms with E-state index in [0.717, 1.165) is 0 Å². The number of fused-ring (bicyclic) bond motifs is 1. The van der Waals surface area contributed by atoms with Gasteiger partial charge in [-0.3, -0.25) is 14.6 Å². The highest BCUT2D eigenvalue weighted by Crippen LogP contribution is 2.39. The second kappa shape index (κ2) is 3.98. The van der Waals surface area contributed by atoms with Gasteiger partial charge >= 0.3 is 5.97 Å². The molecule has 0 spiro atoms. The van der Waals surface area contributed by atoms with Crippen molar-refractivity contribution in [3.05, 3.63) is 29.6 Å². The van der Waals surface area contributed by atoms with Gasteiger partial charge in [0.1, 0.15) is 5.41 Å². The molecule has 86 valence electrons. The molecule has 5 heteroatoms. The number of esters is 1. The second-order valence-electron chi connectivity index (χ2n) is 3.91. The molecule has 2 rings (SSSR count). The van der Waals surface area contributed by atoms with Gasteiger partial charge in [0, 0.05) is 18.2 Å². The number of carbonyl (C=O) groups excluding carboxylic acids is 2. The number of carbonyl (C=O) groups is 2. The van der Waals surface area contributed by atoms with Gasteiger partial charge in [-0.2, -0.15) is 5.26 Å². The van der Waals surface area contributed by atoms with Gasteiger partial charge in [0.25, 0.3) is 0 Å². The highest BCUT2D eigenvalue weighted by molar-refractivity contribution is 6.15. The van der Waals surface area contributed by atoms with E-state index in [9.17, 15) is 9.59 Å². The number of hydrogen-bond acceptors (Lipinski definition) is 5. The van der Waals surface area contributed by atoms with Crippen molar-refractivity contribution in [2.75, 3.05) is 7.11 Å². The van der Waals surface area contributed by atoms with Crippen molar-refractivity contribution in [1.29, 1.82) is 5.26 Å². The molecule has 17 heavy (non-hydrogen) atoms. The van der Waals surface area contributed by atoms with Crippen LogP contribution >= 0.6 is 0 Å². The van der Waals surface area contributed by atoms with Crippen molar-refractivity contribution in [3.63, 3.8) is 0 Å². The Morgan fingerprint density at radius 3 is 3.06 bits per heavy atom. The van der Waals surface area contributed by atoms with Crippen LogP contribution in [-0.2, 0) is 16.0 Å². The van der Waals surface area contributed by atoms with Gasteiger partial charge in [-0.15, -0.1) is 0 Å². The number of hydrogen-bond donors (Lipinski definition) is 0. The fourth-order valence-corrected chi connectivity index (χ4v) is 2.12. The molecule has 0 saturated carbocycles. The molecule has 1 aromatic rings. The maximum Gasteiger partial charge on any atom is 0.321 e. The standard InChI is InChI=1S/C12H10N2O3/c1-17-11(16)12(4-5-13)7-9-8(10(12)15)3-2-6-14-9/h2-3,6H,4,7H2,1H3. The van der Waals surface area contributed by atoms with Gasteiger partial charge in [-0.25, -0.2) is 0 Å².